The molecule has 4 rings (SSSR count). The van der Waals surface area contributed by atoms with Gasteiger partial charge in [0.05, 0.1) is 23.4 Å². The summed E-state index contributed by atoms with van der Waals surface area (Å²) in [5.41, 5.74) is 1.61. The van der Waals surface area contributed by atoms with Crippen molar-refractivity contribution in [2.45, 2.75) is 109 Å². The van der Waals surface area contributed by atoms with E-state index < -0.39 is 18.6 Å². The fourth-order valence-electron chi connectivity index (χ4n) is 5.54. The lowest BCUT2D eigenvalue weighted by Crippen LogP contribution is -2.25. The highest BCUT2D eigenvalue weighted by atomic mass is 19.4. The van der Waals surface area contributed by atoms with Crippen LogP contribution >= 0.6 is 0 Å². The number of hydrogen-bond donors (Lipinski definition) is 2. The monoisotopic (exact) mass is 494 g/mol. The Morgan fingerprint density at radius 3 is 2.31 bits per heavy atom. The maximum atomic E-state index is 12.8. The number of aromatic nitrogens is 3. The minimum atomic E-state index is -4.27. The number of aliphatic hydroxyl groups is 1. The third kappa shape index (κ3) is 6.96. The van der Waals surface area contributed by atoms with E-state index in [-0.39, 0.29) is 24.1 Å². The molecule has 35 heavy (non-hydrogen) atoms. The first-order chi connectivity index (χ1) is 16.6. The van der Waals surface area contributed by atoms with Crippen molar-refractivity contribution in [2.75, 3.05) is 5.32 Å². The van der Waals surface area contributed by atoms with Crippen LogP contribution in [-0.4, -0.2) is 44.5 Å². The molecule has 2 fully saturated rings. The molecule has 0 saturated heterocycles. The number of fused-ring (bicyclic) bond motifs is 1. The normalized spacial score (nSPS) is 28.9. The van der Waals surface area contributed by atoms with Crippen LogP contribution in [0, 0.1) is 11.8 Å². The largest absolute Gasteiger partial charge is 0.474 e. The van der Waals surface area contributed by atoms with Gasteiger partial charge in [0.2, 0.25) is 11.8 Å². The standard InChI is InChI=1S/C26H37F3N4O2/c1-15-4-5-16(2)11-20(10-15)35-24-22-14-31-25(32-17(3)12-26(27,28)29)33-23(22)21(13-30-24)18-6-8-19(34)9-7-18/h13-20,34H,4-12H2,1-3H3,(H,31,32,33)/t15-,16+,17-,18-,19-,20-/m0/s1. The van der Waals surface area contributed by atoms with Gasteiger partial charge in [-0.1, -0.05) is 26.7 Å². The Kier molecular flexibility index (Phi) is 8.03. The van der Waals surface area contributed by atoms with Gasteiger partial charge in [-0.05, 0) is 63.2 Å². The highest BCUT2D eigenvalue weighted by Gasteiger charge is 2.31. The van der Waals surface area contributed by atoms with Gasteiger partial charge in [-0.15, -0.1) is 0 Å². The zero-order valence-corrected chi connectivity index (χ0v) is 20.8. The lowest BCUT2D eigenvalue weighted by Gasteiger charge is -2.27. The summed E-state index contributed by atoms with van der Waals surface area (Å²) in [5, 5.41) is 13.4. The number of nitrogens with zero attached hydrogens (tertiary/aromatic N) is 3. The minimum absolute atomic E-state index is 0.0542. The smallest absolute Gasteiger partial charge is 0.391 e. The van der Waals surface area contributed by atoms with Crippen LogP contribution in [0.2, 0.25) is 0 Å². The molecular weight excluding hydrogens is 457 g/mol. The van der Waals surface area contributed by atoms with Crippen molar-refractivity contribution < 1.29 is 23.0 Å². The summed E-state index contributed by atoms with van der Waals surface area (Å²) in [6, 6.07) is -0.854. The van der Waals surface area contributed by atoms with Crippen molar-refractivity contribution in [1.82, 2.24) is 15.0 Å². The lowest BCUT2D eigenvalue weighted by molar-refractivity contribution is -0.136. The maximum Gasteiger partial charge on any atom is 0.391 e. The zero-order chi connectivity index (χ0) is 25.2. The first kappa shape index (κ1) is 25.9. The second-order valence-electron chi connectivity index (χ2n) is 10.8. The molecular formula is C26H37F3N4O2. The van der Waals surface area contributed by atoms with Crippen molar-refractivity contribution in [2.24, 2.45) is 11.8 Å². The van der Waals surface area contributed by atoms with Gasteiger partial charge in [-0.2, -0.15) is 13.2 Å². The first-order valence-corrected chi connectivity index (χ1v) is 12.9. The third-order valence-electron chi connectivity index (χ3n) is 7.42. The van der Waals surface area contributed by atoms with Crippen molar-refractivity contribution in [1.29, 1.82) is 0 Å². The Labute approximate surface area is 205 Å². The minimum Gasteiger partial charge on any atom is -0.474 e. The van der Waals surface area contributed by atoms with Gasteiger partial charge in [0, 0.05) is 24.0 Å². The average Bonchev–Trinajstić information content (AvgIpc) is 2.93. The van der Waals surface area contributed by atoms with Crippen molar-refractivity contribution >= 4 is 16.9 Å². The molecule has 0 radical (unpaired) electrons. The van der Waals surface area contributed by atoms with E-state index in [1.54, 1.807) is 12.4 Å². The summed E-state index contributed by atoms with van der Waals surface area (Å²) >= 11 is 0. The molecule has 0 unspecified atom stereocenters. The predicted molar refractivity (Wildman–Crippen MR) is 130 cm³/mol. The summed E-state index contributed by atoms with van der Waals surface area (Å²) in [7, 11) is 0. The molecule has 6 nitrogen and oxygen atoms in total. The number of anilines is 1. The molecule has 2 heterocycles. The molecule has 0 amide bonds. The highest BCUT2D eigenvalue weighted by Crippen LogP contribution is 2.39. The molecule has 0 bridgehead atoms. The Morgan fingerprint density at radius 2 is 1.69 bits per heavy atom. The highest BCUT2D eigenvalue weighted by molar-refractivity contribution is 5.86. The van der Waals surface area contributed by atoms with E-state index in [1.165, 1.54) is 19.8 Å². The van der Waals surface area contributed by atoms with Crippen LogP contribution in [0.15, 0.2) is 12.4 Å². The second-order valence-corrected chi connectivity index (χ2v) is 10.8. The molecule has 2 aliphatic rings. The molecule has 2 N–H and O–H groups in total. The number of ether oxygens (including phenoxy) is 1. The summed E-state index contributed by atoms with van der Waals surface area (Å²) in [6.07, 6.45) is 5.31. The predicted octanol–water partition coefficient (Wildman–Crippen LogP) is 6.39. The van der Waals surface area contributed by atoms with Gasteiger partial charge >= 0.3 is 6.18 Å². The van der Waals surface area contributed by atoms with Gasteiger partial charge in [0.1, 0.15) is 6.10 Å². The van der Waals surface area contributed by atoms with Crippen molar-refractivity contribution in [3.8, 4) is 5.88 Å². The van der Waals surface area contributed by atoms with Crippen LogP contribution in [0.4, 0.5) is 19.1 Å². The molecule has 2 aromatic heterocycles. The molecule has 194 valence electrons. The van der Waals surface area contributed by atoms with Crippen LogP contribution in [0.3, 0.4) is 0 Å². The van der Waals surface area contributed by atoms with Crippen LogP contribution in [0.1, 0.15) is 90.0 Å². The van der Waals surface area contributed by atoms with E-state index in [1.807, 2.05) is 0 Å². The summed E-state index contributed by atoms with van der Waals surface area (Å²) < 4.78 is 44.9. The first-order valence-electron chi connectivity index (χ1n) is 12.9. The third-order valence-corrected chi connectivity index (χ3v) is 7.42. The van der Waals surface area contributed by atoms with Crippen LogP contribution in [0.25, 0.3) is 10.9 Å². The average molecular weight is 495 g/mol. The van der Waals surface area contributed by atoms with Crippen LogP contribution < -0.4 is 10.1 Å². The summed E-state index contributed by atoms with van der Waals surface area (Å²) in [4.78, 5) is 13.7. The lowest BCUT2D eigenvalue weighted by atomic mass is 9.83. The summed E-state index contributed by atoms with van der Waals surface area (Å²) in [6.45, 7) is 5.98. The van der Waals surface area contributed by atoms with Crippen molar-refractivity contribution in [3.63, 3.8) is 0 Å². The fourth-order valence-corrected chi connectivity index (χ4v) is 5.54. The number of rotatable bonds is 6. The molecule has 2 saturated carbocycles. The Hall–Kier alpha value is -2.16. The maximum absolute atomic E-state index is 12.8. The summed E-state index contributed by atoms with van der Waals surface area (Å²) in [5.74, 6) is 1.98. The van der Waals surface area contributed by atoms with Crippen LogP contribution in [0.5, 0.6) is 5.88 Å². The number of halogens is 3. The van der Waals surface area contributed by atoms with Crippen molar-refractivity contribution in [3.05, 3.63) is 18.0 Å². The number of pyridine rings is 1. The fraction of sp³-hybridized carbons (Fsp3) is 0.731. The van der Waals surface area contributed by atoms with E-state index in [9.17, 15) is 18.3 Å². The molecule has 2 aromatic rings. The van der Waals surface area contributed by atoms with Crippen LogP contribution in [-0.2, 0) is 0 Å². The van der Waals surface area contributed by atoms with E-state index >= 15 is 0 Å². The molecule has 9 heteroatoms. The zero-order valence-electron chi connectivity index (χ0n) is 20.8. The number of alkyl halides is 3. The number of aliphatic hydroxyl groups excluding tert-OH is 1. The van der Waals surface area contributed by atoms with Gasteiger partial charge in [-0.25, -0.2) is 15.0 Å². The number of nitrogens with one attached hydrogen (secondary N) is 1. The van der Waals surface area contributed by atoms with E-state index in [0.29, 0.717) is 41.5 Å². The molecule has 2 aliphatic carbocycles. The Morgan fingerprint density at radius 1 is 1.03 bits per heavy atom. The Bertz CT molecular complexity index is 982. The van der Waals surface area contributed by atoms with Gasteiger partial charge < -0.3 is 15.2 Å². The molecule has 4 atom stereocenters. The Balaban J connectivity index is 1.66. The van der Waals surface area contributed by atoms with Gasteiger partial charge in [0.25, 0.3) is 0 Å². The second kappa shape index (κ2) is 10.8. The van der Waals surface area contributed by atoms with E-state index in [0.717, 1.165) is 31.2 Å². The van der Waals surface area contributed by atoms with Gasteiger partial charge in [0.15, 0.2) is 0 Å². The topological polar surface area (TPSA) is 80.2 Å². The van der Waals surface area contributed by atoms with E-state index in [4.69, 9.17) is 4.74 Å². The SMILES string of the molecule is C[C@@H]1CC[C@H](C)C[C@H](Oc2ncc([C@H]3CC[C@H](O)CC3)c3nc(N[C@@H](C)CC(F)(F)F)ncc23)C1. The molecule has 0 aliphatic heterocycles. The molecule has 0 aromatic carbocycles. The van der Waals surface area contributed by atoms with E-state index in [2.05, 4.69) is 34.1 Å². The quantitative estimate of drug-likeness (QED) is 0.453. The van der Waals surface area contributed by atoms with Gasteiger partial charge in [-0.3, -0.25) is 0 Å². The molecule has 0 spiro atoms. The number of hydrogen-bond acceptors (Lipinski definition) is 6.